The molecule has 2 aliphatic rings. The molecule has 0 aliphatic carbocycles. The highest BCUT2D eigenvalue weighted by Gasteiger charge is 2.42. The molecular formula is C30H32F3N3O3. The third-order valence-corrected chi connectivity index (χ3v) is 7.70. The predicted molar refractivity (Wildman–Crippen MR) is 145 cm³/mol. The van der Waals surface area contributed by atoms with E-state index in [1.165, 1.54) is 6.07 Å². The number of benzene rings is 3. The summed E-state index contributed by atoms with van der Waals surface area (Å²) < 4.78 is 51.2. The molecule has 9 heteroatoms. The van der Waals surface area contributed by atoms with Crippen LogP contribution in [0.5, 0.6) is 11.5 Å². The number of piperazine rings is 1. The highest BCUT2D eigenvalue weighted by Crippen LogP contribution is 2.40. The molecule has 0 bridgehead atoms. The minimum atomic E-state index is -4.44. The summed E-state index contributed by atoms with van der Waals surface area (Å²) in [4.78, 5) is 17.9. The third kappa shape index (κ3) is 5.62. The molecular weight excluding hydrogens is 507 g/mol. The second kappa shape index (κ2) is 11.1. The average Bonchev–Trinajstić information content (AvgIpc) is 2.95. The van der Waals surface area contributed by atoms with E-state index in [0.717, 1.165) is 34.5 Å². The highest BCUT2D eigenvalue weighted by atomic mass is 19.4. The monoisotopic (exact) mass is 539 g/mol. The van der Waals surface area contributed by atoms with Gasteiger partial charge in [0.05, 0.1) is 31.7 Å². The van der Waals surface area contributed by atoms with Gasteiger partial charge >= 0.3 is 6.18 Å². The first-order chi connectivity index (χ1) is 18.8. The zero-order valence-corrected chi connectivity index (χ0v) is 22.0. The molecule has 1 N–H and O–H groups in total. The van der Waals surface area contributed by atoms with Gasteiger partial charge in [-0.1, -0.05) is 18.2 Å². The van der Waals surface area contributed by atoms with E-state index in [-0.39, 0.29) is 18.4 Å². The summed E-state index contributed by atoms with van der Waals surface area (Å²) in [5.74, 6) is 0.864. The summed E-state index contributed by atoms with van der Waals surface area (Å²) >= 11 is 0. The molecule has 39 heavy (non-hydrogen) atoms. The molecule has 3 aromatic carbocycles. The Hall–Kier alpha value is -3.88. The number of carbonyl (C=O) groups is 1. The Balaban J connectivity index is 1.38. The van der Waals surface area contributed by atoms with E-state index >= 15 is 0 Å². The van der Waals surface area contributed by atoms with Crippen LogP contribution in [0.1, 0.15) is 16.7 Å². The Morgan fingerprint density at radius 2 is 1.77 bits per heavy atom. The molecule has 2 heterocycles. The maximum atomic E-state index is 13.6. The summed E-state index contributed by atoms with van der Waals surface area (Å²) in [6.07, 6.45) is -3.60. The lowest BCUT2D eigenvalue weighted by molar-refractivity contribution is -0.137. The molecule has 0 spiro atoms. The smallest absolute Gasteiger partial charge is 0.416 e. The Morgan fingerprint density at radius 1 is 1.00 bits per heavy atom. The zero-order chi connectivity index (χ0) is 27.6. The molecule has 0 radical (unpaired) electrons. The van der Waals surface area contributed by atoms with E-state index < -0.39 is 17.7 Å². The Bertz CT molecular complexity index is 1310. The molecule has 1 fully saturated rings. The second-order valence-electron chi connectivity index (χ2n) is 9.91. The Kier molecular flexibility index (Phi) is 7.59. The number of rotatable bonds is 7. The number of nitrogens with one attached hydrogen (secondary N) is 1. The van der Waals surface area contributed by atoms with Gasteiger partial charge in [-0.2, -0.15) is 13.2 Å². The lowest BCUT2D eigenvalue weighted by atomic mass is 9.82. The van der Waals surface area contributed by atoms with E-state index in [0.29, 0.717) is 38.2 Å². The van der Waals surface area contributed by atoms with Gasteiger partial charge in [-0.25, -0.2) is 0 Å². The number of hydrogen-bond donors (Lipinski definition) is 1. The van der Waals surface area contributed by atoms with Crippen LogP contribution in [0.3, 0.4) is 0 Å². The van der Waals surface area contributed by atoms with Gasteiger partial charge in [0.2, 0.25) is 5.91 Å². The minimum absolute atomic E-state index is 0.153. The van der Waals surface area contributed by atoms with Gasteiger partial charge in [-0.15, -0.1) is 0 Å². The predicted octanol–water partition coefficient (Wildman–Crippen LogP) is 4.95. The molecule has 206 valence electrons. The average molecular weight is 540 g/mol. The lowest BCUT2D eigenvalue weighted by Crippen LogP contribution is -2.61. The van der Waals surface area contributed by atoms with E-state index in [1.54, 1.807) is 20.3 Å². The van der Waals surface area contributed by atoms with Crippen molar-refractivity contribution >= 4 is 17.3 Å². The number of amides is 1. The molecule has 0 unspecified atom stereocenters. The number of anilines is 2. The van der Waals surface area contributed by atoms with Crippen molar-refractivity contribution in [2.24, 2.45) is 5.92 Å². The number of alkyl halides is 3. The number of fused-ring (bicyclic) bond motifs is 3. The van der Waals surface area contributed by atoms with Crippen LogP contribution in [0.4, 0.5) is 24.5 Å². The second-order valence-corrected chi connectivity index (χ2v) is 9.91. The third-order valence-electron chi connectivity index (χ3n) is 7.70. The summed E-state index contributed by atoms with van der Waals surface area (Å²) in [5.41, 5.74) is 2.65. The SMILES string of the molecule is COc1ccc(N2CCN3c4ccc(C(F)(F)F)cc4C[C@H](C(=O)NCCc4ccccc4OC)[C@@H]3C2)cc1. The van der Waals surface area contributed by atoms with Crippen LogP contribution in [-0.4, -0.2) is 52.3 Å². The molecule has 1 amide bonds. The first kappa shape index (κ1) is 26.7. The number of ether oxygens (including phenoxy) is 2. The van der Waals surface area contributed by atoms with Gasteiger partial charge < -0.3 is 24.6 Å². The first-order valence-electron chi connectivity index (χ1n) is 13.0. The molecule has 5 rings (SSSR count). The number of halogens is 3. The van der Waals surface area contributed by atoms with Gasteiger partial charge in [0.25, 0.3) is 0 Å². The van der Waals surface area contributed by atoms with Crippen molar-refractivity contribution in [3.05, 3.63) is 83.4 Å². The number of hydrogen-bond acceptors (Lipinski definition) is 5. The Labute approximate surface area is 226 Å². The van der Waals surface area contributed by atoms with Crippen molar-refractivity contribution in [1.29, 1.82) is 0 Å². The van der Waals surface area contributed by atoms with E-state index in [2.05, 4.69) is 15.1 Å². The van der Waals surface area contributed by atoms with Gasteiger partial charge in [-0.05, 0) is 72.5 Å². The summed E-state index contributed by atoms with van der Waals surface area (Å²) in [7, 11) is 3.23. The van der Waals surface area contributed by atoms with E-state index in [1.807, 2.05) is 48.5 Å². The van der Waals surface area contributed by atoms with Crippen LogP contribution in [0, 0.1) is 5.92 Å². The normalized spacial score (nSPS) is 18.7. The maximum Gasteiger partial charge on any atom is 0.416 e. The van der Waals surface area contributed by atoms with Crippen molar-refractivity contribution in [3.8, 4) is 11.5 Å². The van der Waals surface area contributed by atoms with Crippen molar-refractivity contribution in [2.45, 2.75) is 25.1 Å². The van der Waals surface area contributed by atoms with Crippen LogP contribution in [0.2, 0.25) is 0 Å². The summed E-state index contributed by atoms with van der Waals surface area (Å²) in [6.45, 7) is 2.27. The van der Waals surface area contributed by atoms with E-state index in [9.17, 15) is 18.0 Å². The van der Waals surface area contributed by atoms with Gasteiger partial charge in [0.1, 0.15) is 11.5 Å². The molecule has 0 saturated carbocycles. The number of methoxy groups -OCH3 is 2. The van der Waals surface area contributed by atoms with Crippen LogP contribution < -0.4 is 24.6 Å². The summed E-state index contributed by atoms with van der Waals surface area (Å²) in [5, 5.41) is 3.05. The van der Waals surface area contributed by atoms with Gasteiger partial charge in [0.15, 0.2) is 0 Å². The van der Waals surface area contributed by atoms with Gasteiger partial charge in [0, 0.05) is 37.6 Å². The molecule has 6 nitrogen and oxygen atoms in total. The first-order valence-corrected chi connectivity index (χ1v) is 13.0. The standard InChI is InChI=1S/C30H32F3N3O3/c1-38-24-10-8-23(9-11-24)35-15-16-36-26-12-7-22(30(31,32)33)17-21(26)18-25(27(36)19-35)29(37)34-14-13-20-5-3-4-6-28(20)39-2/h3-12,17,25,27H,13-16,18-19H2,1-2H3,(H,34,37)/t25-,27-/m0/s1. The molecule has 3 aromatic rings. The number of carbonyl (C=O) groups excluding carboxylic acids is 1. The fourth-order valence-corrected chi connectivity index (χ4v) is 5.69. The molecule has 1 saturated heterocycles. The van der Waals surface area contributed by atoms with Crippen LogP contribution in [0.25, 0.3) is 0 Å². The quantitative estimate of drug-likeness (QED) is 0.461. The van der Waals surface area contributed by atoms with Crippen LogP contribution in [0.15, 0.2) is 66.7 Å². The zero-order valence-electron chi connectivity index (χ0n) is 22.0. The lowest BCUT2D eigenvalue weighted by Gasteiger charge is -2.49. The Morgan fingerprint density at radius 3 is 2.49 bits per heavy atom. The van der Waals surface area contributed by atoms with Crippen molar-refractivity contribution in [3.63, 3.8) is 0 Å². The number of nitrogens with zero attached hydrogens (tertiary/aromatic N) is 2. The molecule has 0 aromatic heterocycles. The topological polar surface area (TPSA) is 54.0 Å². The number of para-hydroxylation sites is 1. The van der Waals surface area contributed by atoms with Gasteiger partial charge in [-0.3, -0.25) is 4.79 Å². The highest BCUT2D eigenvalue weighted by molar-refractivity contribution is 5.82. The minimum Gasteiger partial charge on any atom is -0.497 e. The van der Waals surface area contributed by atoms with Crippen LogP contribution >= 0.6 is 0 Å². The molecule has 2 aliphatic heterocycles. The maximum absolute atomic E-state index is 13.6. The van der Waals surface area contributed by atoms with E-state index in [4.69, 9.17) is 9.47 Å². The fraction of sp³-hybridized carbons (Fsp3) is 0.367. The summed E-state index contributed by atoms with van der Waals surface area (Å²) in [6, 6.07) is 19.1. The van der Waals surface area contributed by atoms with Crippen molar-refractivity contribution < 1.29 is 27.4 Å². The largest absolute Gasteiger partial charge is 0.497 e. The molecule has 2 atom stereocenters. The van der Waals surface area contributed by atoms with Crippen molar-refractivity contribution in [1.82, 2.24) is 5.32 Å². The fourth-order valence-electron chi connectivity index (χ4n) is 5.69. The van der Waals surface area contributed by atoms with Crippen molar-refractivity contribution in [2.75, 3.05) is 50.2 Å². The van der Waals surface area contributed by atoms with Crippen LogP contribution in [-0.2, 0) is 23.8 Å².